The first-order valence-corrected chi connectivity index (χ1v) is 5.75. The second-order valence-electron chi connectivity index (χ2n) is 4.07. The van der Waals surface area contributed by atoms with Crippen LogP contribution in [-0.2, 0) is 6.54 Å². The summed E-state index contributed by atoms with van der Waals surface area (Å²) >= 11 is 0. The van der Waals surface area contributed by atoms with E-state index in [4.69, 9.17) is 5.73 Å². The lowest BCUT2D eigenvalue weighted by Gasteiger charge is -2.09. The Labute approximate surface area is 100 Å². The summed E-state index contributed by atoms with van der Waals surface area (Å²) in [5, 5.41) is 1.23. The molecule has 0 spiro atoms. The van der Waals surface area contributed by atoms with Crippen LogP contribution in [-0.4, -0.2) is 4.57 Å². The van der Waals surface area contributed by atoms with E-state index in [0.717, 1.165) is 11.4 Å². The van der Waals surface area contributed by atoms with Crippen molar-refractivity contribution >= 4 is 10.9 Å². The lowest BCUT2D eigenvalue weighted by Crippen LogP contribution is -2.04. The molecule has 2 nitrogen and oxygen atoms in total. The number of para-hydroxylation sites is 2. The molecule has 0 saturated heterocycles. The molecule has 1 heterocycles. The molecule has 0 bridgehead atoms. The summed E-state index contributed by atoms with van der Waals surface area (Å²) in [6.07, 6.45) is 0. The van der Waals surface area contributed by atoms with Crippen molar-refractivity contribution in [1.29, 1.82) is 0 Å². The molecule has 3 aromatic rings. The summed E-state index contributed by atoms with van der Waals surface area (Å²) < 4.78 is 2.22. The maximum absolute atomic E-state index is 5.83. The molecule has 0 unspecified atom stereocenters. The molecule has 0 aliphatic carbocycles. The van der Waals surface area contributed by atoms with Crippen molar-refractivity contribution in [2.75, 3.05) is 0 Å². The molecular formula is C15H14N2. The molecule has 0 aliphatic rings. The van der Waals surface area contributed by atoms with Crippen LogP contribution in [0.3, 0.4) is 0 Å². The van der Waals surface area contributed by atoms with Gasteiger partial charge >= 0.3 is 0 Å². The van der Waals surface area contributed by atoms with Crippen molar-refractivity contribution < 1.29 is 0 Å². The van der Waals surface area contributed by atoms with Crippen LogP contribution in [0.2, 0.25) is 0 Å². The molecule has 0 radical (unpaired) electrons. The monoisotopic (exact) mass is 222 g/mol. The average molecular weight is 222 g/mol. The Kier molecular flexibility index (Phi) is 2.42. The highest BCUT2D eigenvalue weighted by atomic mass is 15.0. The number of nitrogens with two attached hydrogens (primary N) is 1. The topological polar surface area (TPSA) is 30.9 Å². The second kappa shape index (κ2) is 4.07. The molecule has 0 atom stereocenters. The predicted octanol–water partition coefficient (Wildman–Crippen LogP) is 3.09. The Morgan fingerprint density at radius 2 is 1.59 bits per heavy atom. The fourth-order valence-electron chi connectivity index (χ4n) is 2.24. The molecule has 3 rings (SSSR count). The van der Waals surface area contributed by atoms with Gasteiger partial charge in [-0.2, -0.15) is 0 Å². The molecule has 84 valence electrons. The summed E-state index contributed by atoms with van der Waals surface area (Å²) in [5.41, 5.74) is 9.34. The SMILES string of the molecule is NCc1cc2ccccc2n1-c1ccccc1. The van der Waals surface area contributed by atoms with Gasteiger partial charge in [-0.25, -0.2) is 0 Å². The molecule has 0 fully saturated rings. The number of benzene rings is 2. The standard InChI is InChI=1S/C15H14N2/c16-11-14-10-12-6-4-5-9-15(12)17(14)13-7-2-1-3-8-13/h1-10H,11,16H2. The van der Waals surface area contributed by atoms with Gasteiger partial charge in [0.2, 0.25) is 0 Å². The zero-order valence-electron chi connectivity index (χ0n) is 9.51. The van der Waals surface area contributed by atoms with Crippen molar-refractivity contribution in [1.82, 2.24) is 4.57 Å². The highest BCUT2D eigenvalue weighted by molar-refractivity contribution is 5.83. The number of rotatable bonds is 2. The number of hydrogen-bond acceptors (Lipinski definition) is 1. The summed E-state index contributed by atoms with van der Waals surface area (Å²) in [6.45, 7) is 0.545. The second-order valence-corrected chi connectivity index (χ2v) is 4.07. The van der Waals surface area contributed by atoms with E-state index in [2.05, 4.69) is 47.0 Å². The molecule has 0 aliphatic heterocycles. The average Bonchev–Trinajstić information content (AvgIpc) is 2.78. The minimum atomic E-state index is 0.545. The van der Waals surface area contributed by atoms with Crippen LogP contribution >= 0.6 is 0 Å². The molecular weight excluding hydrogens is 208 g/mol. The maximum Gasteiger partial charge on any atom is 0.0532 e. The van der Waals surface area contributed by atoms with E-state index in [9.17, 15) is 0 Å². The van der Waals surface area contributed by atoms with Crippen LogP contribution < -0.4 is 5.73 Å². The fraction of sp³-hybridized carbons (Fsp3) is 0.0667. The summed E-state index contributed by atoms with van der Waals surface area (Å²) in [6, 6.07) is 20.8. The smallest absolute Gasteiger partial charge is 0.0532 e. The van der Waals surface area contributed by atoms with E-state index in [0.29, 0.717) is 6.54 Å². The van der Waals surface area contributed by atoms with Crippen molar-refractivity contribution in [3.05, 3.63) is 66.4 Å². The Bertz CT molecular complexity index is 638. The van der Waals surface area contributed by atoms with Crippen LogP contribution in [0, 0.1) is 0 Å². The van der Waals surface area contributed by atoms with Gasteiger partial charge < -0.3 is 10.3 Å². The number of hydrogen-bond donors (Lipinski definition) is 1. The van der Waals surface area contributed by atoms with Crippen molar-refractivity contribution in [3.8, 4) is 5.69 Å². The van der Waals surface area contributed by atoms with E-state index in [1.165, 1.54) is 10.9 Å². The number of fused-ring (bicyclic) bond motifs is 1. The zero-order chi connectivity index (χ0) is 11.7. The first kappa shape index (κ1) is 10.1. The normalized spacial score (nSPS) is 10.9. The van der Waals surface area contributed by atoms with Gasteiger partial charge in [0.15, 0.2) is 0 Å². The van der Waals surface area contributed by atoms with Crippen molar-refractivity contribution in [3.63, 3.8) is 0 Å². The largest absolute Gasteiger partial charge is 0.325 e. The van der Waals surface area contributed by atoms with Crippen LogP contribution in [0.1, 0.15) is 5.69 Å². The van der Waals surface area contributed by atoms with E-state index in [1.807, 2.05) is 18.2 Å². The van der Waals surface area contributed by atoms with Crippen LogP contribution in [0.5, 0.6) is 0 Å². The van der Waals surface area contributed by atoms with Crippen LogP contribution in [0.25, 0.3) is 16.6 Å². The third-order valence-corrected chi connectivity index (χ3v) is 3.01. The van der Waals surface area contributed by atoms with E-state index < -0.39 is 0 Å². The molecule has 0 saturated carbocycles. The van der Waals surface area contributed by atoms with Gasteiger partial charge in [-0.15, -0.1) is 0 Å². The molecule has 1 aromatic heterocycles. The van der Waals surface area contributed by atoms with Gasteiger partial charge in [0.25, 0.3) is 0 Å². The quantitative estimate of drug-likeness (QED) is 0.709. The van der Waals surface area contributed by atoms with Crippen LogP contribution in [0.4, 0.5) is 0 Å². The highest BCUT2D eigenvalue weighted by Gasteiger charge is 2.07. The molecule has 17 heavy (non-hydrogen) atoms. The van der Waals surface area contributed by atoms with Gasteiger partial charge in [-0.05, 0) is 24.3 Å². The Balaban J connectivity index is 2.34. The van der Waals surface area contributed by atoms with Gasteiger partial charge in [0.05, 0.1) is 5.52 Å². The number of aromatic nitrogens is 1. The first-order valence-electron chi connectivity index (χ1n) is 5.75. The highest BCUT2D eigenvalue weighted by Crippen LogP contribution is 2.23. The van der Waals surface area contributed by atoms with Crippen molar-refractivity contribution in [2.45, 2.75) is 6.54 Å². The maximum atomic E-state index is 5.83. The summed E-state index contributed by atoms with van der Waals surface area (Å²) in [5.74, 6) is 0. The minimum Gasteiger partial charge on any atom is -0.325 e. The Morgan fingerprint density at radius 3 is 2.35 bits per heavy atom. The molecule has 2 aromatic carbocycles. The first-order chi connectivity index (χ1) is 8.40. The summed E-state index contributed by atoms with van der Waals surface area (Å²) in [4.78, 5) is 0. The molecule has 2 heteroatoms. The van der Waals surface area contributed by atoms with Gasteiger partial charge in [-0.1, -0.05) is 36.4 Å². The third kappa shape index (κ3) is 1.63. The third-order valence-electron chi connectivity index (χ3n) is 3.01. The van der Waals surface area contributed by atoms with E-state index in [1.54, 1.807) is 0 Å². The Hall–Kier alpha value is -2.06. The summed E-state index contributed by atoms with van der Waals surface area (Å²) in [7, 11) is 0. The lowest BCUT2D eigenvalue weighted by atomic mass is 10.2. The van der Waals surface area contributed by atoms with Crippen LogP contribution in [0.15, 0.2) is 60.7 Å². The predicted molar refractivity (Wildman–Crippen MR) is 71.2 cm³/mol. The fourth-order valence-corrected chi connectivity index (χ4v) is 2.24. The minimum absolute atomic E-state index is 0.545. The van der Waals surface area contributed by atoms with E-state index >= 15 is 0 Å². The van der Waals surface area contributed by atoms with E-state index in [-0.39, 0.29) is 0 Å². The van der Waals surface area contributed by atoms with Crippen molar-refractivity contribution in [2.24, 2.45) is 5.73 Å². The molecule has 2 N–H and O–H groups in total. The number of nitrogens with zero attached hydrogens (tertiary/aromatic N) is 1. The van der Waals surface area contributed by atoms with Gasteiger partial charge in [-0.3, -0.25) is 0 Å². The Morgan fingerprint density at radius 1 is 0.882 bits per heavy atom. The lowest BCUT2D eigenvalue weighted by molar-refractivity contribution is 0.931. The zero-order valence-corrected chi connectivity index (χ0v) is 9.51. The van der Waals surface area contributed by atoms with Gasteiger partial charge in [0.1, 0.15) is 0 Å². The molecule has 0 amide bonds. The van der Waals surface area contributed by atoms with Gasteiger partial charge in [0, 0.05) is 23.3 Å².